The first-order valence-corrected chi connectivity index (χ1v) is 18.0. The van der Waals surface area contributed by atoms with E-state index in [0.717, 1.165) is 24.6 Å². The third-order valence-corrected chi connectivity index (χ3v) is 7.71. The van der Waals surface area contributed by atoms with Crippen LogP contribution in [0.3, 0.4) is 0 Å². The molecular formula is C31H55N9O11S. The maximum absolute atomic E-state index is 12.9. The van der Waals surface area contributed by atoms with Crippen LogP contribution in [0.15, 0.2) is 0 Å². The molecule has 20 nitrogen and oxygen atoms in total. The van der Waals surface area contributed by atoms with Gasteiger partial charge in [-0.2, -0.15) is 0 Å². The summed E-state index contributed by atoms with van der Waals surface area (Å²) in [5, 5.41) is 38.2. The van der Waals surface area contributed by atoms with Gasteiger partial charge in [0.25, 0.3) is 0 Å². The Hall–Kier alpha value is -4.50. The van der Waals surface area contributed by atoms with Crippen LogP contribution in [0, 0.1) is 0 Å². The van der Waals surface area contributed by atoms with Crippen molar-refractivity contribution in [2.45, 2.75) is 76.9 Å². The number of carboxylic acids is 1. The first-order valence-electron chi connectivity index (χ1n) is 16.9. The van der Waals surface area contributed by atoms with Crippen molar-refractivity contribution >= 4 is 65.0 Å². The molecule has 0 saturated heterocycles. The van der Waals surface area contributed by atoms with Crippen molar-refractivity contribution in [2.75, 3.05) is 65.1 Å². The predicted octanol–water partition coefficient (Wildman–Crippen LogP) is -3.88. The Bertz CT molecular complexity index is 1210. The van der Waals surface area contributed by atoms with Gasteiger partial charge in [0.1, 0.15) is 24.7 Å². The summed E-state index contributed by atoms with van der Waals surface area (Å²) in [6.07, 6.45) is 2.31. The van der Waals surface area contributed by atoms with E-state index in [2.05, 4.69) is 42.5 Å². The number of carbonyl (C=O) groups excluding carboxylic acids is 8. The zero-order valence-corrected chi connectivity index (χ0v) is 31.1. The molecule has 3 atom stereocenters. The van der Waals surface area contributed by atoms with Crippen LogP contribution in [0.4, 0.5) is 0 Å². The third-order valence-electron chi connectivity index (χ3n) is 6.80. The van der Waals surface area contributed by atoms with Crippen molar-refractivity contribution in [2.24, 2.45) is 0 Å². The monoisotopic (exact) mass is 761 g/mol. The van der Waals surface area contributed by atoms with Crippen LogP contribution >= 0.6 is 11.8 Å². The molecule has 3 unspecified atom stereocenters. The average molecular weight is 762 g/mol. The van der Waals surface area contributed by atoms with Crippen LogP contribution in [-0.4, -0.2) is 152 Å². The molecule has 0 rings (SSSR count). The van der Waals surface area contributed by atoms with E-state index in [-0.39, 0.29) is 63.0 Å². The van der Waals surface area contributed by atoms with Gasteiger partial charge in [0.15, 0.2) is 0 Å². The molecule has 0 bridgehead atoms. The molecule has 0 fully saturated rings. The third kappa shape index (κ3) is 24.6. The lowest BCUT2D eigenvalue weighted by Gasteiger charge is -2.22. The summed E-state index contributed by atoms with van der Waals surface area (Å²) in [6, 6.07) is -3.36. The molecule has 0 aliphatic carbocycles. The molecule has 0 aromatic heterocycles. The van der Waals surface area contributed by atoms with Crippen molar-refractivity contribution in [1.82, 2.24) is 47.4 Å². The zero-order chi connectivity index (χ0) is 39.5. The smallest absolute Gasteiger partial charge is 0.322 e. The van der Waals surface area contributed by atoms with Crippen LogP contribution < -0.4 is 42.5 Å². The molecule has 0 heterocycles. The lowest BCUT2D eigenvalue weighted by Crippen LogP contribution is -2.56. The Kier molecular flexibility index (Phi) is 25.7. The summed E-state index contributed by atoms with van der Waals surface area (Å²) in [5.74, 6) is -5.35. The minimum atomic E-state index is -1.32. The number of unbranched alkanes of at least 4 members (excludes halogenated alkanes) is 2. The second-order valence-electron chi connectivity index (χ2n) is 11.8. The van der Waals surface area contributed by atoms with E-state index >= 15 is 0 Å². The number of rotatable bonds is 28. The van der Waals surface area contributed by atoms with Crippen LogP contribution in [-0.2, 0) is 43.2 Å². The number of hydrogen-bond donors (Lipinski definition) is 10. The number of aliphatic hydroxyl groups excluding tert-OH is 1. The minimum absolute atomic E-state index is 0.0201. The summed E-state index contributed by atoms with van der Waals surface area (Å²) < 4.78 is 0. The van der Waals surface area contributed by atoms with Gasteiger partial charge in [-0.3, -0.25) is 43.2 Å². The van der Waals surface area contributed by atoms with Crippen molar-refractivity contribution in [3.8, 4) is 0 Å². The van der Waals surface area contributed by atoms with E-state index in [1.165, 1.54) is 6.92 Å². The van der Waals surface area contributed by atoms with Gasteiger partial charge in [-0.25, -0.2) is 0 Å². The van der Waals surface area contributed by atoms with E-state index in [1.807, 2.05) is 6.92 Å². The quantitative estimate of drug-likeness (QED) is 0.0270. The highest BCUT2D eigenvalue weighted by Crippen LogP contribution is 2.05. The highest BCUT2D eigenvalue weighted by atomic mass is 32.2. The maximum atomic E-state index is 12.9. The van der Waals surface area contributed by atoms with Gasteiger partial charge in [-0.05, 0) is 20.5 Å². The van der Waals surface area contributed by atoms with Crippen molar-refractivity contribution in [1.29, 1.82) is 0 Å². The molecule has 10 N–H and O–H groups in total. The molecule has 0 aromatic carbocycles. The van der Waals surface area contributed by atoms with Crippen LogP contribution in [0.1, 0.15) is 58.8 Å². The second kappa shape index (κ2) is 28.1. The minimum Gasteiger partial charge on any atom is -0.480 e. The van der Waals surface area contributed by atoms with Gasteiger partial charge in [-0.15, -0.1) is 11.8 Å². The van der Waals surface area contributed by atoms with E-state index in [9.17, 15) is 48.3 Å². The van der Waals surface area contributed by atoms with Crippen molar-refractivity contribution in [3.63, 3.8) is 0 Å². The molecule has 0 radical (unpaired) electrons. The number of likely N-dealkylation sites (N-methyl/N-ethyl adjacent to an activating group) is 1. The SMILES string of the molecule is CCCCCC(NC(=O)CCNC(=O)CCNC(=O)CCNC(=O)C(CSCNC(C)=O)NC(=O)C(CO)NC(=O)CN(C)C)C(=O)NCC(=O)O. The fraction of sp³-hybridized carbons (Fsp3) is 0.710. The van der Waals surface area contributed by atoms with Gasteiger partial charge in [0.2, 0.25) is 47.3 Å². The summed E-state index contributed by atoms with van der Waals surface area (Å²) in [5.41, 5.74) is 0. The van der Waals surface area contributed by atoms with E-state index in [4.69, 9.17) is 5.11 Å². The number of nitrogens with one attached hydrogen (secondary N) is 8. The van der Waals surface area contributed by atoms with E-state index in [1.54, 1.807) is 19.0 Å². The first kappa shape index (κ1) is 47.5. The zero-order valence-electron chi connectivity index (χ0n) is 30.3. The Morgan fingerprint density at radius 3 is 1.75 bits per heavy atom. The van der Waals surface area contributed by atoms with E-state index < -0.39 is 78.6 Å². The normalized spacial score (nSPS) is 12.3. The van der Waals surface area contributed by atoms with Gasteiger partial charge in [0.05, 0.1) is 19.0 Å². The lowest BCUT2D eigenvalue weighted by atomic mass is 10.1. The standard InChI is InChI=1S/C31H55N9O11S/c1-5-6-7-8-21(29(49)35-15-28(47)48)37-26(45)11-13-33-24(43)9-12-32-25(44)10-14-34-30(50)23(18-52-19-36-20(2)42)39-31(51)22(17-41)38-27(46)16-40(3)4/h21-23,41H,5-19H2,1-4H3,(H,32,44)(H,33,43)(H,34,50)(H,35,49)(H,36,42)(H,37,45)(H,38,46)(H,39,51)(H,47,48). The number of carbonyl (C=O) groups is 9. The Morgan fingerprint density at radius 2 is 1.21 bits per heavy atom. The molecular weight excluding hydrogens is 706 g/mol. The van der Waals surface area contributed by atoms with Crippen LogP contribution in [0.5, 0.6) is 0 Å². The summed E-state index contributed by atoms with van der Waals surface area (Å²) in [4.78, 5) is 110. The first-order chi connectivity index (χ1) is 24.6. The maximum Gasteiger partial charge on any atom is 0.322 e. The highest BCUT2D eigenvalue weighted by molar-refractivity contribution is 7.99. The van der Waals surface area contributed by atoms with Gasteiger partial charge >= 0.3 is 5.97 Å². The topological polar surface area (TPSA) is 294 Å². The molecule has 0 saturated carbocycles. The lowest BCUT2D eigenvalue weighted by molar-refractivity contribution is -0.138. The second-order valence-corrected chi connectivity index (χ2v) is 12.8. The van der Waals surface area contributed by atoms with Gasteiger partial charge in [-0.1, -0.05) is 26.2 Å². The summed E-state index contributed by atoms with van der Waals surface area (Å²) >= 11 is 1.13. The number of amides is 8. The van der Waals surface area contributed by atoms with Crippen LogP contribution in [0.25, 0.3) is 0 Å². The van der Waals surface area contributed by atoms with Crippen molar-refractivity contribution < 1.29 is 53.4 Å². The Morgan fingerprint density at radius 1 is 0.654 bits per heavy atom. The number of thioether (sulfide) groups is 1. The van der Waals surface area contributed by atoms with Gasteiger partial charge < -0.3 is 57.6 Å². The predicted molar refractivity (Wildman–Crippen MR) is 190 cm³/mol. The highest BCUT2D eigenvalue weighted by Gasteiger charge is 2.27. The molecule has 0 spiro atoms. The number of nitrogens with zero attached hydrogens (tertiary/aromatic N) is 1. The number of hydrogen-bond acceptors (Lipinski definition) is 12. The number of aliphatic carboxylic acids is 1. The van der Waals surface area contributed by atoms with E-state index in [0.29, 0.717) is 12.8 Å². The largest absolute Gasteiger partial charge is 0.480 e. The number of aliphatic hydroxyl groups is 1. The molecule has 21 heteroatoms. The molecule has 296 valence electrons. The molecule has 0 aliphatic rings. The molecule has 8 amide bonds. The average Bonchev–Trinajstić information content (AvgIpc) is 3.06. The molecule has 0 aliphatic heterocycles. The Labute approximate surface area is 307 Å². The summed E-state index contributed by atoms with van der Waals surface area (Å²) in [7, 11) is 3.30. The van der Waals surface area contributed by atoms with Crippen molar-refractivity contribution in [3.05, 3.63) is 0 Å². The fourth-order valence-electron chi connectivity index (χ4n) is 4.16. The van der Waals surface area contributed by atoms with Gasteiger partial charge in [0, 0.05) is 51.6 Å². The fourth-order valence-corrected chi connectivity index (χ4v) is 5.05. The summed E-state index contributed by atoms with van der Waals surface area (Å²) in [6.45, 7) is 1.78. The Balaban J connectivity index is 4.72. The molecule has 52 heavy (non-hydrogen) atoms. The van der Waals surface area contributed by atoms with Crippen LogP contribution in [0.2, 0.25) is 0 Å². The number of carboxylic acid groups (broad SMARTS) is 1. The molecule has 0 aromatic rings.